The van der Waals surface area contributed by atoms with Gasteiger partial charge in [0, 0.05) is 13.1 Å². The number of aromatic nitrogens is 1. The molecule has 0 N–H and O–H groups in total. The van der Waals surface area contributed by atoms with Crippen molar-refractivity contribution in [2.45, 2.75) is 13.8 Å². The van der Waals surface area contributed by atoms with Crippen molar-refractivity contribution in [3.63, 3.8) is 0 Å². The molecule has 4 nitrogen and oxygen atoms in total. The van der Waals surface area contributed by atoms with Crippen LogP contribution in [-0.4, -0.2) is 43.0 Å². The monoisotopic (exact) mass is 395 g/mol. The Hall–Kier alpha value is -1.47. The van der Waals surface area contributed by atoms with Crippen LogP contribution in [-0.2, 0) is 0 Å². The molecule has 0 spiro atoms. The molecule has 0 fully saturated rings. The third-order valence-electron chi connectivity index (χ3n) is 3.97. The van der Waals surface area contributed by atoms with E-state index in [0.717, 1.165) is 26.8 Å². The number of benzene rings is 1. The molecule has 0 aliphatic heterocycles. The first kappa shape index (κ1) is 19.8. The van der Waals surface area contributed by atoms with Crippen LogP contribution in [0.3, 0.4) is 0 Å². The SMILES string of the molecule is Cc1cc2nc(N(CCN(C)C)C(=O)c3cccs3)sc2cc1C.Cl. The quantitative estimate of drug-likeness (QED) is 0.633. The van der Waals surface area contributed by atoms with Crippen molar-refractivity contribution in [1.29, 1.82) is 0 Å². The summed E-state index contributed by atoms with van der Waals surface area (Å²) in [5.74, 6) is 0.0272. The molecule has 3 rings (SSSR count). The molecule has 0 aliphatic carbocycles. The summed E-state index contributed by atoms with van der Waals surface area (Å²) in [5.41, 5.74) is 3.44. The van der Waals surface area contributed by atoms with Gasteiger partial charge in [-0.1, -0.05) is 17.4 Å². The minimum atomic E-state index is 0. The Labute approximate surface area is 162 Å². The van der Waals surface area contributed by atoms with E-state index < -0.39 is 0 Å². The fourth-order valence-electron chi connectivity index (χ4n) is 2.40. The number of hydrogen-bond acceptors (Lipinski definition) is 5. The van der Waals surface area contributed by atoms with Gasteiger partial charge in [0.1, 0.15) is 0 Å². The zero-order valence-electron chi connectivity index (χ0n) is 14.8. The molecule has 3 aromatic rings. The lowest BCUT2D eigenvalue weighted by Gasteiger charge is -2.21. The molecule has 0 bridgehead atoms. The number of rotatable bonds is 5. The molecular formula is C18H22ClN3OS2. The van der Waals surface area contributed by atoms with E-state index in [2.05, 4.69) is 30.9 Å². The first-order valence-corrected chi connectivity index (χ1v) is 9.53. The molecule has 0 radical (unpaired) electrons. The van der Waals surface area contributed by atoms with Crippen molar-refractivity contribution < 1.29 is 4.79 Å². The molecule has 25 heavy (non-hydrogen) atoms. The number of hydrogen-bond donors (Lipinski definition) is 0. The largest absolute Gasteiger partial charge is 0.308 e. The Kier molecular flexibility index (Phi) is 6.57. The summed E-state index contributed by atoms with van der Waals surface area (Å²) in [5, 5.41) is 2.71. The molecule has 1 amide bonds. The topological polar surface area (TPSA) is 36.4 Å². The number of likely N-dealkylation sites (N-methyl/N-ethyl adjacent to an activating group) is 1. The van der Waals surface area contributed by atoms with Gasteiger partial charge < -0.3 is 4.90 Å². The van der Waals surface area contributed by atoms with E-state index in [-0.39, 0.29) is 18.3 Å². The highest BCUT2D eigenvalue weighted by Crippen LogP contribution is 2.31. The zero-order valence-corrected chi connectivity index (χ0v) is 17.2. The van der Waals surface area contributed by atoms with E-state index >= 15 is 0 Å². The van der Waals surface area contributed by atoms with Crippen molar-refractivity contribution in [2.24, 2.45) is 0 Å². The third-order valence-corrected chi connectivity index (χ3v) is 5.87. The van der Waals surface area contributed by atoms with Crippen molar-refractivity contribution in [3.8, 4) is 0 Å². The Morgan fingerprint density at radius 3 is 2.52 bits per heavy atom. The average molecular weight is 396 g/mol. The van der Waals surface area contributed by atoms with E-state index in [1.807, 2.05) is 31.6 Å². The zero-order chi connectivity index (χ0) is 17.3. The molecule has 0 aliphatic rings. The van der Waals surface area contributed by atoms with Crippen LogP contribution in [0.25, 0.3) is 10.2 Å². The van der Waals surface area contributed by atoms with Gasteiger partial charge in [0.2, 0.25) is 0 Å². The molecule has 2 heterocycles. The lowest BCUT2D eigenvalue weighted by atomic mass is 10.1. The summed E-state index contributed by atoms with van der Waals surface area (Å²) in [6.45, 7) is 5.62. The fourth-order valence-corrected chi connectivity index (χ4v) is 4.14. The van der Waals surface area contributed by atoms with Gasteiger partial charge in [-0.25, -0.2) is 4.98 Å². The number of thiazole rings is 1. The Bertz CT molecular complexity index is 820. The lowest BCUT2D eigenvalue weighted by molar-refractivity contribution is 0.0989. The first-order chi connectivity index (χ1) is 11.5. The van der Waals surface area contributed by atoms with E-state index in [0.29, 0.717) is 6.54 Å². The van der Waals surface area contributed by atoms with E-state index in [9.17, 15) is 4.79 Å². The molecular weight excluding hydrogens is 374 g/mol. The maximum absolute atomic E-state index is 12.9. The van der Waals surface area contributed by atoms with Gasteiger partial charge in [-0.15, -0.1) is 23.7 Å². The first-order valence-electron chi connectivity index (χ1n) is 7.83. The standard InChI is InChI=1S/C18H21N3OS2.ClH/c1-12-10-14-16(11-13(12)2)24-18(19-14)21(8-7-20(3)4)17(22)15-6-5-9-23-15;/h5-6,9-11H,7-8H2,1-4H3;1H. The van der Waals surface area contributed by atoms with Gasteiger partial charge in [0.15, 0.2) is 5.13 Å². The van der Waals surface area contributed by atoms with Crippen LogP contribution in [0.15, 0.2) is 29.6 Å². The highest BCUT2D eigenvalue weighted by atomic mass is 35.5. The van der Waals surface area contributed by atoms with Gasteiger partial charge in [-0.05, 0) is 62.6 Å². The Morgan fingerprint density at radius 1 is 1.16 bits per heavy atom. The highest BCUT2D eigenvalue weighted by molar-refractivity contribution is 7.22. The smallest absolute Gasteiger partial charge is 0.270 e. The average Bonchev–Trinajstić information content (AvgIpc) is 3.17. The van der Waals surface area contributed by atoms with Crippen LogP contribution in [0, 0.1) is 13.8 Å². The molecule has 0 saturated carbocycles. The predicted molar refractivity (Wildman–Crippen MR) is 111 cm³/mol. The lowest BCUT2D eigenvalue weighted by Crippen LogP contribution is -2.36. The van der Waals surface area contributed by atoms with Gasteiger partial charge in [-0.3, -0.25) is 9.69 Å². The van der Waals surface area contributed by atoms with E-state index in [4.69, 9.17) is 4.98 Å². The minimum absolute atomic E-state index is 0. The predicted octanol–water partition coefficient (Wildman–Crippen LogP) is 4.60. The fraction of sp³-hybridized carbons (Fsp3) is 0.333. The number of aryl methyl sites for hydroxylation is 2. The summed E-state index contributed by atoms with van der Waals surface area (Å²) in [6.07, 6.45) is 0. The minimum Gasteiger partial charge on any atom is -0.308 e. The number of carbonyl (C=O) groups excluding carboxylic acids is 1. The van der Waals surface area contributed by atoms with Crippen LogP contribution >= 0.6 is 35.1 Å². The summed E-state index contributed by atoms with van der Waals surface area (Å²) < 4.78 is 1.13. The summed E-state index contributed by atoms with van der Waals surface area (Å²) in [4.78, 5) is 22.3. The van der Waals surface area contributed by atoms with E-state index in [1.165, 1.54) is 22.5 Å². The molecule has 0 saturated heterocycles. The maximum Gasteiger partial charge on any atom is 0.270 e. The molecule has 1 aromatic carbocycles. The molecule has 2 aromatic heterocycles. The number of nitrogens with zero attached hydrogens (tertiary/aromatic N) is 3. The summed E-state index contributed by atoms with van der Waals surface area (Å²) in [7, 11) is 4.03. The number of anilines is 1. The Balaban J connectivity index is 0.00000225. The third kappa shape index (κ3) is 4.39. The maximum atomic E-state index is 12.9. The normalized spacial score (nSPS) is 10.9. The van der Waals surface area contributed by atoms with Gasteiger partial charge in [0.05, 0.1) is 15.1 Å². The molecule has 0 atom stereocenters. The Morgan fingerprint density at radius 2 is 1.88 bits per heavy atom. The second-order valence-corrected chi connectivity index (χ2v) is 8.09. The number of fused-ring (bicyclic) bond motifs is 1. The number of amides is 1. The van der Waals surface area contributed by atoms with Crippen LogP contribution in [0.1, 0.15) is 20.8 Å². The van der Waals surface area contributed by atoms with Crippen LogP contribution in [0.5, 0.6) is 0 Å². The summed E-state index contributed by atoms with van der Waals surface area (Å²) >= 11 is 3.06. The number of carbonyl (C=O) groups is 1. The molecule has 0 unspecified atom stereocenters. The molecule has 134 valence electrons. The van der Waals surface area contributed by atoms with Gasteiger partial charge in [0.25, 0.3) is 5.91 Å². The van der Waals surface area contributed by atoms with Crippen molar-refractivity contribution in [1.82, 2.24) is 9.88 Å². The van der Waals surface area contributed by atoms with Crippen LogP contribution in [0.2, 0.25) is 0 Å². The van der Waals surface area contributed by atoms with Crippen LogP contribution in [0.4, 0.5) is 5.13 Å². The van der Waals surface area contributed by atoms with Crippen molar-refractivity contribution >= 4 is 56.3 Å². The van der Waals surface area contributed by atoms with Crippen LogP contribution < -0.4 is 4.90 Å². The second kappa shape index (κ2) is 8.27. The van der Waals surface area contributed by atoms with Gasteiger partial charge >= 0.3 is 0 Å². The van der Waals surface area contributed by atoms with Crippen molar-refractivity contribution in [2.75, 3.05) is 32.1 Å². The summed E-state index contributed by atoms with van der Waals surface area (Å²) in [6, 6.07) is 8.04. The van der Waals surface area contributed by atoms with Gasteiger partial charge in [-0.2, -0.15) is 0 Å². The highest BCUT2D eigenvalue weighted by Gasteiger charge is 2.22. The number of halogens is 1. The second-order valence-electron chi connectivity index (χ2n) is 6.14. The van der Waals surface area contributed by atoms with Crippen molar-refractivity contribution in [3.05, 3.63) is 45.6 Å². The molecule has 7 heteroatoms. The van der Waals surface area contributed by atoms with E-state index in [1.54, 1.807) is 16.2 Å². The number of thiophene rings is 1.